The molecule has 1 unspecified atom stereocenters. The first-order valence-electron chi connectivity index (χ1n) is 5.38. The van der Waals surface area contributed by atoms with Crippen LogP contribution in [-0.4, -0.2) is 5.11 Å². The molecule has 0 fully saturated rings. The number of aliphatic hydroxyl groups is 1. The van der Waals surface area contributed by atoms with Gasteiger partial charge in [0.05, 0.1) is 0 Å². The highest BCUT2D eigenvalue weighted by molar-refractivity contribution is 9.11. The van der Waals surface area contributed by atoms with Crippen LogP contribution in [0.2, 0.25) is 5.02 Å². The number of hydrogen-bond acceptors (Lipinski definition) is 1. The van der Waals surface area contributed by atoms with E-state index in [4.69, 9.17) is 11.6 Å². The van der Waals surface area contributed by atoms with Crippen molar-refractivity contribution in [1.82, 2.24) is 0 Å². The normalized spacial score (nSPS) is 12.5. The molecule has 0 amide bonds. The zero-order valence-corrected chi connectivity index (χ0v) is 13.6. The van der Waals surface area contributed by atoms with Crippen LogP contribution in [0, 0.1) is 6.92 Å². The lowest BCUT2D eigenvalue weighted by atomic mass is 9.97. The Balaban J connectivity index is 2.51. The summed E-state index contributed by atoms with van der Waals surface area (Å²) in [6.07, 6.45) is -0.699. The van der Waals surface area contributed by atoms with Gasteiger partial charge in [0.2, 0.25) is 0 Å². The van der Waals surface area contributed by atoms with Gasteiger partial charge in [-0.1, -0.05) is 55.6 Å². The van der Waals surface area contributed by atoms with Gasteiger partial charge in [0.15, 0.2) is 0 Å². The van der Waals surface area contributed by atoms with Crippen LogP contribution in [0.25, 0.3) is 0 Å². The Kier molecular flexibility index (Phi) is 4.49. The maximum atomic E-state index is 10.5. The molecule has 2 aromatic rings. The second-order valence-electron chi connectivity index (χ2n) is 4.02. The fourth-order valence-corrected chi connectivity index (χ4v) is 2.84. The molecule has 0 saturated heterocycles. The molecule has 2 rings (SSSR count). The highest BCUT2D eigenvalue weighted by Crippen LogP contribution is 2.33. The van der Waals surface area contributed by atoms with Crippen molar-refractivity contribution in [1.29, 1.82) is 0 Å². The average molecular weight is 391 g/mol. The lowest BCUT2D eigenvalue weighted by molar-refractivity contribution is 0.218. The van der Waals surface area contributed by atoms with E-state index in [1.165, 1.54) is 0 Å². The molecule has 0 aromatic heterocycles. The molecule has 0 heterocycles. The van der Waals surface area contributed by atoms with Gasteiger partial charge in [-0.15, -0.1) is 0 Å². The molecule has 18 heavy (non-hydrogen) atoms. The summed E-state index contributed by atoms with van der Waals surface area (Å²) in [5, 5.41) is 11.2. The Morgan fingerprint density at radius 2 is 1.83 bits per heavy atom. The van der Waals surface area contributed by atoms with Gasteiger partial charge in [-0.2, -0.15) is 0 Å². The topological polar surface area (TPSA) is 20.2 Å². The standard InChI is InChI=1S/C14H11Br2ClO/c1-8-10(3-2-4-13(8)17)14(18)11-7-9(15)5-6-12(11)16/h2-7,14,18H,1H3. The zero-order chi connectivity index (χ0) is 13.3. The van der Waals surface area contributed by atoms with Gasteiger partial charge in [0.1, 0.15) is 6.10 Å². The first kappa shape index (κ1) is 14.1. The fourth-order valence-electron chi connectivity index (χ4n) is 1.81. The smallest absolute Gasteiger partial charge is 0.105 e. The molecule has 1 N–H and O–H groups in total. The molecule has 0 aliphatic heterocycles. The summed E-state index contributed by atoms with van der Waals surface area (Å²) < 4.78 is 1.80. The third-order valence-corrected chi connectivity index (χ3v) is 4.48. The van der Waals surface area contributed by atoms with Crippen LogP contribution >= 0.6 is 43.5 Å². The van der Waals surface area contributed by atoms with Gasteiger partial charge in [0, 0.05) is 19.5 Å². The molecule has 0 spiro atoms. The van der Waals surface area contributed by atoms with Crippen LogP contribution < -0.4 is 0 Å². The maximum absolute atomic E-state index is 10.5. The van der Waals surface area contributed by atoms with Crippen molar-refractivity contribution in [2.24, 2.45) is 0 Å². The predicted octanol–water partition coefficient (Wildman–Crippen LogP) is 5.26. The van der Waals surface area contributed by atoms with Gasteiger partial charge in [-0.3, -0.25) is 0 Å². The van der Waals surface area contributed by atoms with E-state index in [-0.39, 0.29) is 0 Å². The second kappa shape index (κ2) is 5.74. The monoisotopic (exact) mass is 388 g/mol. The first-order chi connectivity index (χ1) is 8.50. The van der Waals surface area contributed by atoms with E-state index in [2.05, 4.69) is 31.9 Å². The quantitative estimate of drug-likeness (QED) is 0.742. The fraction of sp³-hybridized carbons (Fsp3) is 0.143. The summed E-state index contributed by atoms with van der Waals surface area (Å²) in [5.74, 6) is 0. The summed E-state index contributed by atoms with van der Waals surface area (Å²) in [4.78, 5) is 0. The summed E-state index contributed by atoms with van der Waals surface area (Å²) in [6.45, 7) is 1.91. The minimum Gasteiger partial charge on any atom is -0.384 e. The SMILES string of the molecule is Cc1c(Cl)cccc1C(O)c1cc(Br)ccc1Br. The van der Waals surface area contributed by atoms with Crippen LogP contribution in [0.4, 0.5) is 0 Å². The molecule has 1 atom stereocenters. The Hall–Kier alpha value is -0.350. The molecule has 2 aromatic carbocycles. The lowest BCUT2D eigenvalue weighted by Gasteiger charge is -2.16. The molecule has 94 valence electrons. The van der Waals surface area contributed by atoms with Crippen molar-refractivity contribution in [2.75, 3.05) is 0 Å². The molecule has 0 radical (unpaired) electrons. The molecular weight excluding hydrogens is 379 g/mol. The molecule has 0 aliphatic carbocycles. The van der Waals surface area contributed by atoms with E-state index in [1.54, 1.807) is 0 Å². The van der Waals surface area contributed by atoms with Crippen molar-refractivity contribution in [3.8, 4) is 0 Å². The van der Waals surface area contributed by atoms with Crippen molar-refractivity contribution in [2.45, 2.75) is 13.0 Å². The van der Waals surface area contributed by atoms with E-state index in [0.717, 1.165) is 25.6 Å². The maximum Gasteiger partial charge on any atom is 0.105 e. The third kappa shape index (κ3) is 2.80. The molecule has 0 saturated carbocycles. The summed E-state index contributed by atoms with van der Waals surface area (Å²) in [6, 6.07) is 11.3. The third-order valence-electron chi connectivity index (χ3n) is 2.86. The van der Waals surface area contributed by atoms with Gasteiger partial charge in [-0.05, 0) is 42.3 Å². The highest BCUT2D eigenvalue weighted by Gasteiger charge is 2.17. The van der Waals surface area contributed by atoms with E-state index in [0.29, 0.717) is 5.02 Å². The van der Waals surface area contributed by atoms with Crippen LogP contribution in [0.1, 0.15) is 22.8 Å². The number of hydrogen-bond donors (Lipinski definition) is 1. The van der Waals surface area contributed by atoms with Crippen molar-refractivity contribution >= 4 is 43.5 Å². The van der Waals surface area contributed by atoms with E-state index in [1.807, 2.05) is 43.3 Å². The van der Waals surface area contributed by atoms with Crippen LogP contribution in [0.3, 0.4) is 0 Å². The number of rotatable bonds is 2. The Morgan fingerprint density at radius 3 is 2.56 bits per heavy atom. The minimum atomic E-state index is -0.699. The minimum absolute atomic E-state index is 0.665. The van der Waals surface area contributed by atoms with E-state index >= 15 is 0 Å². The van der Waals surface area contributed by atoms with Crippen molar-refractivity contribution < 1.29 is 5.11 Å². The van der Waals surface area contributed by atoms with Crippen molar-refractivity contribution in [3.05, 3.63) is 67.1 Å². The van der Waals surface area contributed by atoms with Crippen LogP contribution in [0.15, 0.2) is 45.3 Å². The summed E-state index contributed by atoms with van der Waals surface area (Å²) in [5.41, 5.74) is 2.54. The van der Waals surface area contributed by atoms with Crippen LogP contribution in [0.5, 0.6) is 0 Å². The molecule has 1 nitrogen and oxygen atoms in total. The number of halogens is 3. The Labute approximate surface area is 128 Å². The molecule has 0 bridgehead atoms. The Bertz CT molecular complexity index is 582. The molecule has 4 heteroatoms. The van der Waals surface area contributed by atoms with Gasteiger partial charge < -0.3 is 5.11 Å². The largest absolute Gasteiger partial charge is 0.384 e. The van der Waals surface area contributed by atoms with Gasteiger partial charge >= 0.3 is 0 Å². The summed E-state index contributed by atoms with van der Waals surface area (Å²) in [7, 11) is 0. The lowest BCUT2D eigenvalue weighted by Crippen LogP contribution is -2.03. The zero-order valence-electron chi connectivity index (χ0n) is 9.62. The average Bonchev–Trinajstić information content (AvgIpc) is 2.35. The second-order valence-corrected chi connectivity index (χ2v) is 6.20. The van der Waals surface area contributed by atoms with Gasteiger partial charge in [-0.25, -0.2) is 0 Å². The van der Waals surface area contributed by atoms with E-state index < -0.39 is 6.10 Å². The highest BCUT2D eigenvalue weighted by atomic mass is 79.9. The van der Waals surface area contributed by atoms with E-state index in [9.17, 15) is 5.11 Å². The first-order valence-corrected chi connectivity index (χ1v) is 7.35. The Morgan fingerprint density at radius 1 is 1.11 bits per heavy atom. The molecular formula is C14H11Br2ClO. The van der Waals surface area contributed by atoms with Crippen molar-refractivity contribution in [3.63, 3.8) is 0 Å². The number of aliphatic hydroxyl groups excluding tert-OH is 1. The summed E-state index contributed by atoms with van der Waals surface area (Å²) >= 11 is 13.0. The van der Waals surface area contributed by atoms with Crippen LogP contribution in [-0.2, 0) is 0 Å². The predicted molar refractivity (Wildman–Crippen MR) is 82.1 cm³/mol. The van der Waals surface area contributed by atoms with Gasteiger partial charge in [0.25, 0.3) is 0 Å². The molecule has 0 aliphatic rings. The number of benzene rings is 2.